The number of carbonyl (C=O) groups is 2. The van der Waals surface area contributed by atoms with E-state index < -0.39 is 22.0 Å². The highest BCUT2D eigenvalue weighted by molar-refractivity contribution is 7.92. The van der Waals surface area contributed by atoms with Crippen LogP contribution in [0.15, 0.2) is 85.1 Å². The average molecular weight is 729 g/mol. The molecule has 5 rings (SSSR count). The van der Waals surface area contributed by atoms with E-state index in [9.17, 15) is 18.0 Å². The molecule has 0 aliphatic carbocycles. The Morgan fingerprint density at radius 2 is 1.44 bits per heavy atom. The van der Waals surface area contributed by atoms with Gasteiger partial charge in [0.05, 0.1) is 44.6 Å². The molecule has 2 amide bonds. The Kier molecular flexibility index (Phi) is 12.3. The van der Waals surface area contributed by atoms with Crippen LogP contribution in [0.5, 0.6) is 17.2 Å². The van der Waals surface area contributed by atoms with Crippen molar-refractivity contribution in [2.24, 2.45) is 0 Å². The van der Waals surface area contributed by atoms with Crippen molar-refractivity contribution in [1.82, 2.24) is 4.98 Å². The number of carbonyl (C=O) groups excluding carboxylic acids is 1. The van der Waals surface area contributed by atoms with Gasteiger partial charge >= 0.3 is 12.0 Å². The van der Waals surface area contributed by atoms with Gasteiger partial charge in [0.2, 0.25) is 10.0 Å². The smallest absolute Gasteiger partial charge is 0.339 e. The van der Waals surface area contributed by atoms with Crippen LogP contribution in [0.25, 0.3) is 10.8 Å². The molecule has 0 aliphatic rings. The summed E-state index contributed by atoms with van der Waals surface area (Å²) in [6, 6.07) is 23.2. The summed E-state index contributed by atoms with van der Waals surface area (Å²) in [6.07, 6.45) is 3.48. The molecule has 0 bridgehead atoms. The number of methoxy groups -OCH3 is 3. The zero-order valence-electron chi connectivity index (χ0n) is 30.5. The summed E-state index contributed by atoms with van der Waals surface area (Å²) in [5.74, 6) is 0.297. The second-order valence-electron chi connectivity index (χ2n) is 13.0. The van der Waals surface area contributed by atoms with Crippen LogP contribution < -0.4 is 29.6 Å². The third-order valence-corrected chi connectivity index (χ3v) is 8.50. The van der Waals surface area contributed by atoms with Crippen molar-refractivity contribution in [3.8, 4) is 17.2 Å². The fourth-order valence-electron chi connectivity index (χ4n) is 5.41. The second kappa shape index (κ2) is 16.5. The number of sulfonamides is 1. The molecule has 0 atom stereocenters. The first-order valence-electron chi connectivity index (χ1n) is 16.2. The minimum absolute atomic E-state index is 0.170. The van der Waals surface area contributed by atoms with E-state index in [1.54, 1.807) is 55.8 Å². The molecule has 52 heavy (non-hydrogen) atoms. The van der Waals surface area contributed by atoms with Gasteiger partial charge in [-0.25, -0.2) is 18.0 Å². The summed E-state index contributed by atoms with van der Waals surface area (Å²) in [5, 5.41) is 16.4. The predicted octanol–water partition coefficient (Wildman–Crippen LogP) is 7.86. The summed E-state index contributed by atoms with van der Waals surface area (Å²) >= 11 is 0. The van der Waals surface area contributed by atoms with Gasteiger partial charge < -0.3 is 30.0 Å². The van der Waals surface area contributed by atoms with E-state index in [2.05, 4.69) is 20.3 Å². The monoisotopic (exact) mass is 728 g/mol. The molecule has 0 unspecified atom stereocenters. The van der Waals surface area contributed by atoms with Gasteiger partial charge in [0, 0.05) is 29.1 Å². The number of urea groups is 1. The van der Waals surface area contributed by atoms with Crippen LogP contribution in [0.2, 0.25) is 0 Å². The summed E-state index contributed by atoms with van der Waals surface area (Å²) in [5.41, 5.74) is 4.94. The van der Waals surface area contributed by atoms with Gasteiger partial charge in [-0.15, -0.1) is 0 Å². The van der Waals surface area contributed by atoms with E-state index in [0.717, 1.165) is 39.4 Å². The van der Waals surface area contributed by atoms with Gasteiger partial charge in [0.15, 0.2) is 5.75 Å². The van der Waals surface area contributed by atoms with Crippen LogP contribution in [0, 0.1) is 6.92 Å². The van der Waals surface area contributed by atoms with E-state index in [0.29, 0.717) is 29.3 Å². The van der Waals surface area contributed by atoms with Gasteiger partial charge in [-0.2, -0.15) is 0 Å². The number of fused-ring (bicyclic) bond motifs is 1. The van der Waals surface area contributed by atoms with Crippen molar-refractivity contribution in [3.05, 3.63) is 113 Å². The number of ether oxygens (including phenoxy) is 3. The fourth-order valence-corrected chi connectivity index (χ4v) is 5.96. The van der Waals surface area contributed by atoms with Crippen LogP contribution in [0.4, 0.5) is 21.9 Å². The molecule has 1 heterocycles. The third kappa shape index (κ3) is 10.1. The average Bonchev–Trinajstić information content (AvgIpc) is 3.07. The number of benzene rings is 4. The Morgan fingerprint density at radius 1 is 0.788 bits per heavy atom. The molecule has 4 aromatic carbocycles. The molecule has 4 N–H and O–H groups in total. The molecule has 1 aromatic heterocycles. The Balaban J connectivity index is 0.000000269. The first-order chi connectivity index (χ1) is 24.5. The molecule has 13 heteroatoms. The lowest BCUT2D eigenvalue weighted by Gasteiger charge is -2.24. The maximum Gasteiger partial charge on any atom is 0.339 e. The van der Waals surface area contributed by atoms with Crippen LogP contribution in [0.1, 0.15) is 53.5 Å². The van der Waals surface area contributed by atoms with E-state index in [1.165, 1.54) is 14.2 Å². The van der Waals surface area contributed by atoms with Crippen molar-refractivity contribution in [3.63, 3.8) is 0 Å². The Morgan fingerprint density at radius 3 is 2.04 bits per heavy atom. The van der Waals surface area contributed by atoms with Gasteiger partial charge in [0.1, 0.15) is 17.1 Å². The van der Waals surface area contributed by atoms with E-state index >= 15 is 0 Å². The lowest BCUT2D eigenvalue weighted by molar-refractivity contribution is 0.0693. The number of carboxylic acids is 1. The molecule has 0 radical (unpaired) electrons. The molecule has 274 valence electrons. The SMILES string of the molecule is COc1c(NC(=O)Nc2ccc(OC)c3ccccc23)cc(C(C)(C)C)cc1NS(C)(=O)=O.COc1cc(Cc2cc(C)ccn2)ccc1C(=O)O. The van der Waals surface area contributed by atoms with Gasteiger partial charge in [-0.1, -0.05) is 51.1 Å². The first-order valence-corrected chi connectivity index (χ1v) is 18.1. The van der Waals surface area contributed by atoms with E-state index in [1.807, 2.05) is 64.1 Å². The maximum atomic E-state index is 13.0. The van der Waals surface area contributed by atoms with Crippen LogP contribution in [0.3, 0.4) is 0 Å². The largest absolute Gasteiger partial charge is 0.496 e. The summed E-state index contributed by atoms with van der Waals surface area (Å²) in [4.78, 5) is 28.3. The summed E-state index contributed by atoms with van der Waals surface area (Å²) < 4.78 is 42.3. The van der Waals surface area contributed by atoms with Gasteiger partial charge in [-0.3, -0.25) is 9.71 Å². The minimum atomic E-state index is -3.57. The van der Waals surface area contributed by atoms with Crippen LogP contribution >= 0.6 is 0 Å². The quantitative estimate of drug-likeness (QED) is 0.112. The number of aromatic carboxylic acids is 1. The molecular formula is C39H44N4O8S. The first kappa shape index (κ1) is 39.0. The number of anilines is 3. The van der Waals surface area contributed by atoms with Gasteiger partial charge in [-0.05, 0) is 77.6 Å². The third-order valence-electron chi connectivity index (χ3n) is 7.91. The Bertz CT molecular complexity index is 2200. The van der Waals surface area contributed by atoms with E-state index in [-0.39, 0.29) is 22.4 Å². The molecule has 5 aromatic rings. The molecule has 0 spiro atoms. The summed E-state index contributed by atoms with van der Waals surface area (Å²) in [7, 11) is 0.913. The molecule has 0 saturated carbocycles. The lowest BCUT2D eigenvalue weighted by atomic mass is 9.86. The van der Waals surface area contributed by atoms with Crippen LogP contribution in [-0.4, -0.2) is 58.1 Å². The zero-order chi connectivity index (χ0) is 38.2. The minimum Gasteiger partial charge on any atom is -0.496 e. The van der Waals surface area contributed by atoms with Crippen molar-refractivity contribution < 1.29 is 37.3 Å². The number of nitrogens with zero attached hydrogens (tertiary/aromatic N) is 1. The molecule has 0 saturated heterocycles. The van der Waals surface area contributed by atoms with Crippen molar-refractivity contribution in [2.75, 3.05) is 42.9 Å². The highest BCUT2D eigenvalue weighted by Crippen LogP contribution is 2.39. The second-order valence-corrected chi connectivity index (χ2v) is 14.8. The number of pyridine rings is 1. The van der Waals surface area contributed by atoms with Crippen molar-refractivity contribution in [2.45, 2.75) is 39.5 Å². The predicted molar refractivity (Wildman–Crippen MR) is 205 cm³/mol. The van der Waals surface area contributed by atoms with Crippen molar-refractivity contribution >= 4 is 49.9 Å². The highest BCUT2D eigenvalue weighted by atomic mass is 32.2. The number of aryl methyl sites for hydroxylation is 1. The Labute approximate surface area is 304 Å². The normalized spacial score (nSPS) is 11.2. The topological polar surface area (TPSA) is 165 Å². The molecule has 0 aliphatic heterocycles. The molecule has 0 fully saturated rings. The number of hydrogen-bond acceptors (Lipinski definition) is 8. The number of amides is 2. The maximum absolute atomic E-state index is 13.0. The molecular weight excluding hydrogens is 685 g/mol. The Hall–Kier alpha value is -5.82. The summed E-state index contributed by atoms with van der Waals surface area (Å²) in [6.45, 7) is 7.99. The van der Waals surface area contributed by atoms with Crippen molar-refractivity contribution in [1.29, 1.82) is 0 Å². The lowest BCUT2D eigenvalue weighted by Crippen LogP contribution is -2.22. The standard InChI is InChI=1S/C24H29N3O5S.C15H15NO3/c1-24(2,3)15-13-19(22(32-5)20(14-15)27-33(6,29)30)26-23(28)25-18-11-12-21(31-4)17-10-8-7-9-16(17)18;1-10-5-6-16-12(7-10)8-11-3-4-13(15(17)18)14(9-11)19-2/h7-14,27H,1-6H3,(H2,25,26,28);3-7,9H,8H2,1-2H3,(H,17,18). The van der Waals surface area contributed by atoms with E-state index in [4.69, 9.17) is 19.3 Å². The number of hydrogen-bond donors (Lipinski definition) is 4. The number of carboxylic acid groups (broad SMARTS) is 1. The zero-order valence-corrected chi connectivity index (χ0v) is 31.3. The highest BCUT2D eigenvalue weighted by Gasteiger charge is 2.22. The van der Waals surface area contributed by atoms with Crippen LogP contribution in [-0.2, 0) is 21.9 Å². The number of nitrogens with one attached hydrogen (secondary N) is 3. The van der Waals surface area contributed by atoms with Gasteiger partial charge in [0.25, 0.3) is 0 Å². The number of aromatic nitrogens is 1. The fraction of sp³-hybridized carbons (Fsp3) is 0.256. The molecule has 12 nitrogen and oxygen atoms in total. The number of rotatable bonds is 10.